The molecule has 0 spiro atoms. The predicted octanol–water partition coefficient (Wildman–Crippen LogP) is 2.51. The highest BCUT2D eigenvalue weighted by Gasteiger charge is 2.09. The topological polar surface area (TPSA) is 54.1 Å². The Hall–Kier alpha value is -1.97. The Morgan fingerprint density at radius 2 is 2.21 bits per heavy atom. The van der Waals surface area contributed by atoms with Crippen LogP contribution in [-0.4, -0.2) is 16.2 Å². The molecule has 0 amide bonds. The van der Waals surface area contributed by atoms with Crippen LogP contribution >= 0.6 is 0 Å². The van der Waals surface area contributed by atoms with Gasteiger partial charge in [0.05, 0.1) is 0 Å². The molecule has 0 aliphatic heterocycles. The number of carbonyl (C=O) groups is 1. The van der Waals surface area contributed by atoms with Crippen molar-refractivity contribution in [3.63, 3.8) is 0 Å². The van der Waals surface area contributed by atoms with Gasteiger partial charge in [0.25, 0.3) is 0 Å². The highest BCUT2D eigenvalue weighted by Crippen LogP contribution is 2.22. The highest BCUT2D eigenvalue weighted by molar-refractivity contribution is 5.80. The van der Waals surface area contributed by atoms with E-state index in [2.05, 4.69) is 37.1 Å². The molecule has 2 rings (SSSR count). The molecule has 0 fully saturated rings. The first-order valence-electron chi connectivity index (χ1n) is 6.61. The van der Waals surface area contributed by atoms with Crippen molar-refractivity contribution in [1.82, 2.24) is 5.10 Å². The number of hydrogen-bond acceptors (Lipinski definition) is 2. The highest BCUT2D eigenvalue weighted by atomic mass is 16.4. The van der Waals surface area contributed by atoms with Crippen LogP contribution in [0.4, 0.5) is 0 Å². The van der Waals surface area contributed by atoms with Crippen LogP contribution < -0.4 is 4.68 Å². The van der Waals surface area contributed by atoms with Crippen LogP contribution in [0.3, 0.4) is 0 Å². The van der Waals surface area contributed by atoms with Crippen molar-refractivity contribution in [2.75, 3.05) is 0 Å². The summed E-state index contributed by atoms with van der Waals surface area (Å²) in [5, 5.41) is 15.1. The molecule has 2 aromatic rings. The number of hydrogen-bond donors (Lipinski definition) is 1. The van der Waals surface area contributed by atoms with E-state index in [0.29, 0.717) is 12.5 Å². The smallest absolute Gasteiger partial charge is 0.309 e. The van der Waals surface area contributed by atoms with E-state index in [-0.39, 0.29) is 6.42 Å². The summed E-state index contributed by atoms with van der Waals surface area (Å²) >= 11 is 0. The Morgan fingerprint density at radius 1 is 1.42 bits per heavy atom. The third kappa shape index (κ3) is 3.28. The monoisotopic (exact) mass is 259 g/mol. The Morgan fingerprint density at radius 3 is 2.89 bits per heavy atom. The van der Waals surface area contributed by atoms with Gasteiger partial charge in [-0.3, -0.25) is 4.79 Å². The maximum atomic E-state index is 10.5. The van der Waals surface area contributed by atoms with E-state index in [1.165, 1.54) is 5.56 Å². The van der Waals surface area contributed by atoms with Crippen LogP contribution in [0.5, 0.6) is 0 Å². The average molecular weight is 259 g/mol. The molecule has 1 atom stereocenters. The minimum absolute atomic E-state index is 0.0914. The van der Waals surface area contributed by atoms with E-state index < -0.39 is 5.97 Å². The van der Waals surface area contributed by atoms with Crippen LogP contribution in [0.15, 0.2) is 30.6 Å². The first-order valence-corrected chi connectivity index (χ1v) is 6.61. The van der Waals surface area contributed by atoms with E-state index in [9.17, 15) is 4.79 Å². The minimum atomic E-state index is -0.804. The lowest BCUT2D eigenvalue weighted by molar-refractivity contribution is -0.751. The third-order valence-electron chi connectivity index (χ3n) is 3.48. The SMILES string of the molecule is CCC(C)c1ccc2c[n+](CCC(=O)O)ncc2c1. The van der Waals surface area contributed by atoms with Crippen molar-refractivity contribution in [3.05, 3.63) is 36.2 Å². The summed E-state index contributed by atoms with van der Waals surface area (Å²) in [4.78, 5) is 10.5. The number of aryl methyl sites for hydroxylation is 1. The van der Waals surface area contributed by atoms with E-state index in [1.54, 1.807) is 4.68 Å². The summed E-state index contributed by atoms with van der Waals surface area (Å²) in [7, 11) is 0. The molecular formula is C15H19N2O2+. The summed E-state index contributed by atoms with van der Waals surface area (Å²) in [6, 6.07) is 6.38. The second kappa shape index (κ2) is 5.78. The van der Waals surface area contributed by atoms with Gasteiger partial charge in [0.1, 0.15) is 12.6 Å². The van der Waals surface area contributed by atoms with Crippen LogP contribution in [-0.2, 0) is 11.3 Å². The largest absolute Gasteiger partial charge is 0.481 e. The molecule has 0 radical (unpaired) electrons. The average Bonchev–Trinajstić information content (AvgIpc) is 2.43. The summed E-state index contributed by atoms with van der Waals surface area (Å²) in [6.07, 6.45) is 4.92. The van der Waals surface area contributed by atoms with Crippen LogP contribution in [0.25, 0.3) is 10.8 Å². The third-order valence-corrected chi connectivity index (χ3v) is 3.48. The van der Waals surface area contributed by atoms with Gasteiger partial charge in [0, 0.05) is 10.8 Å². The number of carboxylic acids is 1. The molecular weight excluding hydrogens is 240 g/mol. The predicted molar refractivity (Wildman–Crippen MR) is 72.9 cm³/mol. The van der Waals surface area contributed by atoms with E-state index in [4.69, 9.17) is 5.11 Å². The zero-order chi connectivity index (χ0) is 13.8. The Kier molecular flexibility index (Phi) is 4.10. The number of fused-ring (bicyclic) bond motifs is 1. The quantitative estimate of drug-likeness (QED) is 0.839. The lowest BCUT2D eigenvalue weighted by Crippen LogP contribution is -2.38. The van der Waals surface area contributed by atoms with Crippen molar-refractivity contribution in [2.24, 2.45) is 0 Å². The lowest BCUT2D eigenvalue weighted by Gasteiger charge is -2.09. The van der Waals surface area contributed by atoms with Crippen molar-refractivity contribution in [2.45, 2.75) is 39.2 Å². The zero-order valence-electron chi connectivity index (χ0n) is 11.3. The van der Waals surface area contributed by atoms with Crippen LogP contribution in [0.2, 0.25) is 0 Å². The maximum absolute atomic E-state index is 10.5. The van der Waals surface area contributed by atoms with Gasteiger partial charge < -0.3 is 5.11 Å². The fraction of sp³-hybridized carbons (Fsp3) is 0.400. The molecule has 100 valence electrons. The number of carboxylic acid groups (broad SMARTS) is 1. The Balaban J connectivity index is 2.27. The van der Waals surface area contributed by atoms with Crippen molar-refractivity contribution >= 4 is 16.7 Å². The number of aromatic nitrogens is 2. The normalized spacial score (nSPS) is 12.5. The second-order valence-corrected chi connectivity index (χ2v) is 4.88. The van der Waals surface area contributed by atoms with Gasteiger partial charge in [-0.2, -0.15) is 0 Å². The van der Waals surface area contributed by atoms with Gasteiger partial charge >= 0.3 is 5.97 Å². The van der Waals surface area contributed by atoms with Gasteiger partial charge in [-0.15, -0.1) is 0 Å². The first kappa shape index (κ1) is 13.5. The van der Waals surface area contributed by atoms with E-state index >= 15 is 0 Å². The molecule has 1 heterocycles. The summed E-state index contributed by atoms with van der Waals surface area (Å²) < 4.78 is 1.68. The molecule has 4 nitrogen and oxygen atoms in total. The van der Waals surface area contributed by atoms with Gasteiger partial charge in [-0.05, 0) is 35.1 Å². The van der Waals surface area contributed by atoms with Crippen molar-refractivity contribution in [1.29, 1.82) is 0 Å². The molecule has 4 heteroatoms. The molecule has 1 aromatic heterocycles. The van der Waals surface area contributed by atoms with Gasteiger partial charge in [-0.1, -0.05) is 24.6 Å². The minimum Gasteiger partial charge on any atom is -0.481 e. The Bertz CT molecular complexity index is 596. The molecule has 1 N–H and O–H groups in total. The standard InChI is InChI=1S/C15H18N2O2/c1-3-11(2)12-4-5-13-10-17(7-6-15(18)19)16-9-14(13)8-12/h4-5,8-11H,3,6-7H2,1-2H3/p+1. The fourth-order valence-corrected chi connectivity index (χ4v) is 2.03. The molecule has 0 aliphatic carbocycles. The molecule has 0 saturated heterocycles. The molecule has 1 unspecified atom stereocenters. The van der Waals surface area contributed by atoms with E-state index in [0.717, 1.165) is 17.2 Å². The molecule has 0 saturated carbocycles. The zero-order valence-corrected chi connectivity index (χ0v) is 11.3. The van der Waals surface area contributed by atoms with Crippen LogP contribution in [0.1, 0.15) is 38.2 Å². The summed E-state index contributed by atoms with van der Waals surface area (Å²) in [5.74, 6) is -0.259. The summed E-state index contributed by atoms with van der Waals surface area (Å²) in [6.45, 7) is 4.79. The molecule has 1 aromatic carbocycles. The Labute approximate surface area is 112 Å². The van der Waals surface area contributed by atoms with Crippen molar-refractivity contribution in [3.8, 4) is 0 Å². The molecule has 0 bridgehead atoms. The molecule has 0 aliphatic rings. The number of aliphatic carboxylic acids is 1. The van der Waals surface area contributed by atoms with Gasteiger partial charge in [-0.25, -0.2) is 0 Å². The van der Waals surface area contributed by atoms with Crippen molar-refractivity contribution < 1.29 is 14.6 Å². The lowest BCUT2D eigenvalue weighted by atomic mass is 9.97. The number of benzene rings is 1. The fourth-order valence-electron chi connectivity index (χ4n) is 2.03. The second-order valence-electron chi connectivity index (χ2n) is 4.88. The van der Waals surface area contributed by atoms with Gasteiger partial charge in [0.15, 0.2) is 6.54 Å². The van der Waals surface area contributed by atoms with E-state index in [1.807, 2.05) is 12.4 Å². The first-order chi connectivity index (χ1) is 9.10. The number of nitrogens with zero attached hydrogens (tertiary/aromatic N) is 2. The van der Waals surface area contributed by atoms with Gasteiger partial charge in [0.2, 0.25) is 6.20 Å². The maximum Gasteiger partial charge on any atom is 0.309 e. The number of rotatable bonds is 5. The summed E-state index contributed by atoms with van der Waals surface area (Å²) in [5.41, 5.74) is 1.32. The molecule has 19 heavy (non-hydrogen) atoms. The van der Waals surface area contributed by atoms with Crippen LogP contribution in [0, 0.1) is 0 Å².